The van der Waals surface area contributed by atoms with Gasteiger partial charge >= 0.3 is 0 Å². The Morgan fingerprint density at radius 1 is 1.00 bits per heavy atom. The first-order valence-corrected chi connectivity index (χ1v) is 11.1. The molecular weight excluding hydrogens is 433 g/mol. The highest BCUT2D eigenvalue weighted by molar-refractivity contribution is 6.37. The predicted octanol–water partition coefficient (Wildman–Crippen LogP) is 3.54. The number of anilines is 2. The van der Waals surface area contributed by atoms with Crippen LogP contribution in [0.2, 0.25) is 0 Å². The number of hydrogen-bond acceptors (Lipinski definition) is 5. The zero-order valence-corrected chi connectivity index (χ0v) is 18.7. The van der Waals surface area contributed by atoms with Crippen LogP contribution in [0.25, 0.3) is 11.3 Å². The fourth-order valence-corrected chi connectivity index (χ4v) is 4.23. The SMILES string of the molecule is CN1CCN(C(=O)c2ccnc(NC(=C3C(=O)Nc4cc(F)ccc43)c3ccccc3)c2)CC1. The summed E-state index contributed by atoms with van der Waals surface area (Å²) in [6.07, 6.45) is 1.58. The number of halogens is 1. The fourth-order valence-electron chi connectivity index (χ4n) is 4.23. The second-order valence-corrected chi connectivity index (χ2v) is 8.41. The standard InChI is InChI=1S/C26H24FN5O2/c1-31-11-13-32(14-12-31)26(34)18-9-10-28-22(15-18)30-24(17-5-3-2-4-6-17)23-20-8-7-19(27)16-21(20)29-25(23)33/h2-10,15-16H,11-14H2,1H3,(H,28,30)(H,29,33). The molecule has 0 radical (unpaired) electrons. The summed E-state index contributed by atoms with van der Waals surface area (Å²) in [4.78, 5) is 34.4. The lowest BCUT2D eigenvalue weighted by atomic mass is 10.00. The Kier molecular flexibility index (Phi) is 5.81. The summed E-state index contributed by atoms with van der Waals surface area (Å²) in [6.45, 7) is 3.02. The van der Waals surface area contributed by atoms with Crippen molar-refractivity contribution >= 4 is 34.6 Å². The Balaban J connectivity index is 1.52. The largest absolute Gasteiger partial charge is 0.339 e. The van der Waals surface area contributed by atoms with Crippen molar-refractivity contribution in [1.29, 1.82) is 0 Å². The van der Waals surface area contributed by atoms with E-state index in [0.717, 1.165) is 18.7 Å². The van der Waals surface area contributed by atoms with E-state index in [1.165, 1.54) is 12.1 Å². The summed E-state index contributed by atoms with van der Waals surface area (Å²) in [6, 6.07) is 17.0. The lowest BCUT2D eigenvalue weighted by molar-refractivity contribution is -0.110. The van der Waals surface area contributed by atoms with Crippen LogP contribution in [0.4, 0.5) is 15.9 Å². The normalized spacial score (nSPS) is 17.2. The van der Waals surface area contributed by atoms with Gasteiger partial charge in [0.15, 0.2) is 0 Å². The van der Waals surface area contributed by atoms with Crippen LogP contribution in [0.5, 0.6) is 0 Å². The van der Waals surface area contributed by atoms with Crippen LogP contribution < -0.4 is 10.6 Å². The maximum absolute atomic E-state index is 13.8. The number of benzene rings is 2. The minimum absolute atomic E-state index is 0.0492. The zero-order chi connectivity index (χ0) is 23.7. The van der Waals surface area contributed by atoms with Crippen LogP contribution in [-0.2, 0) is 4.79 Å². The first-order valence-electron chi connectivity index (χ1n) is 11.1. The van der Waals surface area contributed by atoms with E-state index in [2.05, 4.69) is 20.5 Å². The third-order valence-electron chi connectivity index (χ3n) is 6.09. The molecule has 34 heavy (non-hydrogen) atoms. The lowest BCUT2D eigenvalue weighted by Crippen LogP contribution is -2.47. The Morgan fingerprint density at radius 3 is 2.53 bits per heavy atom. The zero-order valence-electron chi connectivity index (χ0n) is 18.7. The fraction of sp³-hybridized carbons (Fsp3) is 0.192. The van der Waals surface area contributed by atoms with E-state index in [0.29, 0.717) is 47.0 Å². The van der Waals surface area contributed by atoms with Gasteiger partial charge in [-0.3, -0.25) is 9.59 Å². The number of nitrogens with zero attached hydrogens (tertiary/aromatic N) is 3. The minimum atomic E-state index is -0.425. The second kappa shape index (κ2) is 9.07. The van der Waals surface area contributed by atoms with Crippen LogP contribution in [0.1, 0.15) is 21.5 Å². The molecular formula is C26H24FN5O2. The number of fused-ring (bicyclic) bond motifs is 1. The topological polar surface area (TPSA) is 77.6 Å². The molecule has 3 aromatic rings. The monoisotopic (exact) mass is 457 g/mol. The van der Waals surface area contributed by atoms with Crippen LogP contribution >= 0.6 is 0 Å². The molecule has 2 N–H and O–H groups in total. The smallest absolute Gasteiger partial charge is 0.258 e. The van der Waals surface area contributed by atoms with Gasteiger partial charge in [-0.2, -0.15) is 0 Å². The quantitative estimate of drug-likeness (QED) is 0.586. The summed E-state index contributed by atoms with van der Waals surface area (Å²) < 4.78 is 13.8. The molecule has 5 rings (SSSR count). The van der Waals surface area contributed by atoms with Crippen molar-refractivity contribution in [1.82, 2.24) is 14.8 Å². The number of carbonyl (C=O) groups excluding carboxylic acids is 2. The molecule has 2 aromatic carbocycles. The number of carbonyl (C=O) groups is 2. The van der Waals surface area contributed by atoms with Gasteiger partial charge in [0.25, 0.3) is 11.8 Å². The number of nitrogens with one attached hydrogen (secondary N) is 2. The van der Waals surface area contributed by atoms with Gasteiger partial charge in [0.05, 0.1) is 17.0 Å². The molecule has 2 aliphatic rings. The van der Waals surface area contributed by atoms with Crippen molar-refractivity contribution < 1.29 is 14.0 Å². The third-order valence-corrected chi connectivity index (χ3v) is 6.09. The Bertz CT molecular complexity index is 1280. The minimum Gasteiger partial charge on any atom is -0.339 e. The lowest BCUT2D eigenvalue weighted by Gasteiger charge is -2.32. The molecule has 172 valence electrons. The molecule has 1 saturated heterocycles. The molecule has 0 aliphatic carbocycles. The number of amides is 2. The van der Waals surface area contributed by atoms with Crippen LogP contribution in [-0.4, -0.2) is 59.8 Å². The average Bonchev–Trinajstić information content (AvgIpc) is 3.17. The van der Waals surface area contributed by atoms with E-state index in [1.807, 2.05) is 42.3 Å². The van der Waals surface area contributed by atoms with Gasteiger partial charge in [-0.1, -0.05) is 30.3 Å². The van der Waals surface area contributed by atoms with Crippen molar-refractivity contribution in [3.63, 3.8) is 0 Å². The number of piperazine rings is 1. The summed E-state index contributed by atoms with van der Waals surface area (Å²) >= 11 is 0. The molecule has 2 aliphatic heterocycles. The third kappa shape index (κ3) is 4.27. The first kappa shape index (κ1) is 21.8. The molecule has 0 unspecified atom stereocenters. The summed E-state index contributed by atoms with van der Waals surface area (Å²) in [5, 5.41) is 6.00. The van der Waals surface area contributed by atoms with Crippen molar-refractivity contribution in [3.8, 4) is 0 Å². The van der Waals surface area contributed by atoms with Crippen molar-refractivity contribution in [2.75, 3.05) is 43.9 Å². The summed E-state index contributed by atoms with van der Waals surface area (Å²) in [7, 11) is 2.04. The van der Waals surface area contributed by atoms with Crippen LogP contribution in [0.15, 0.2) is 66.9 Å². The molecule has 7 nitrogen and oxygen atoms in total. The van der Waals surface area contributed by atoms with Gasteiger partial charge in [0, 0.05) is 43.5 Å². The molecule has 3 heterocycles. The van der Waals surface area contributed by atoms with E-state index < -0.39 is 5.82 Å². The maximum Gasteiger partial charge on any atom is 0.258 e. The van der Waals surface area contributed by atoms with Gasteiger partial charge in [-0.15, -0.1) is 0 Å². The molecule has 0 spiro atoms. The molecule has 1 fully saturated rings. The van der Waals surface area contributed by atoms with Crippen LogP contribution in [0.3, 0.4) is 0 Å². The number of pyridine rings is 1. The Morgan fingerprint density at radius 2 is 1.76 bits per heavy atom. The van der Waals surface area contributed by atoms with Crippen molar-refractivity contribution in [2.24, 2.45) is 0 Å². The second-order valence-electron chi connectivity index (χ2n) is 8.41. The maximum atomic E-state index is 13.8. The summed E-state index contributed by atoms with van der Waals surface area (Å²) in [5.41, 5.74) is 3.23. The van der Waals surface area contributed by atoms with E-state index in [-0.39, 0.29) is 11.8 Å². The highest BCUT2D eigenvalue weighted by atomic mass is 19.1. The van der Waals surface area contributed by atoms with E-state index in [1.54, 1.807) is 24.4 Å². The van der Waals surface area contributed by atoms with Crippen molar-refractivity contribution in [3.05, 3.63) is 89.4 Å². The first-order chi connectivity index (χ1) is 16.5. The number of hydrogen-bond donors (Lipinski definition) is 2. The Labute approximate surface area is 196 Å². The number of rotatable bonds is 4. The predicted molar refractivity (Wildman–Crippen MR) is 130 cm³/mol. The number of likely N-dealkylation sites (N-methyl/N-ethyl adjacent to an activating group) is 1. The Hall–Kier alpha value is -4.04. The van der Waals surface area contributed by atoms with E-state index >= 15 is 0 Å². The molecule has 0 atom stereocenters. The molecule has 0 bridgehead atoms. The molecule has 0 saturated carbocycles. The van der Waals surface area contributed by atoms with Gasteiger partial charge in [-0.05, 0) is 42.9 Å². The van der Waals surface area contributed by atoms with Gasteiger partial charge in [0.2, 0.25) is 0 Å². The molecule has 8 heteroatoms. The van der Waals surface area contributed by atoms with Gasteiger partial charge in [0.1, 0.15) is 11.6 Å². The van der Waals surface area contributed by atoms with E-state index in [9.17, 15) is 14.0 Å². The van der Waals surface area contributed by atoms with Crippen molar-refractivity contribution in [2.45, 2.75) is 0 Å². The van der Waals surface area contributed by atoms with Crippen LogP contribution in [0, 0.1) is 5.82 Å². The van der Waals surface area contributed by atoms with E-state index in [4.69, 9.17) is 0 Å². The molecule has 2 amide bonds. The van der Waals surface area contributed by atoms with Gasteiger partial charge < -0.3 is 20.4 Å². The average molecular weight is 458 g/mol. The highest BCUT2D eigenvalue weighted by Gasteiger charge is 2.29. The highest BCUT2D eigenvalue weighted by Crippen LogP contribution is 2.37. The molecule has 1 aromatic heterocycles. The summed E-state index contributed by atoms with van der Waals surface area (Å²) in [5.74, 6) is -0.371. The van der Waals surface area contributed by atoms with Gasteiger partial charge in [-0.25, -0.2) is 9.37 Å². The number of aromatic nitrogens is 1.